The summed E-state index contributed by atoms with van der Waals surface area (Å²) in [4.78, 5) is 26.5. The Kier molecular flexibility index (Phi) is 3.93. The zero-order chi connectivity index (χ0) is 15.5. The van der Waals surface area contributed by atoms with E-state index in [-0.39, 0.29) is 11.9 Å². The van der Waals surface area contributed by atoms with Gasteiger partial charge in [-0.1, -0.05) is 6.07 Å². The fourth-order valence-electron chi connectivity index (χ4n) is 2.88. The molecule has 2 aromatic rings. The number of carbonyl (C=O) groups excluding carboxylic acids is 2. The molecular formula is C16H17N3O3. The third-order valence-electron chi connectivity index (χ3n) is 3.97. The van der Waals surface area contributed by atoms with Gasteiger partial charge < -0.3 is 10.3 Å². The lowest BCUT2D eigenvalue weighted by Gasteiger charge is -2.26. The molecule has 0 saturated carbocycles. The minimum atomic E-state index is -0.527. The lowest BCUT2D eigenvalue weighted by molar-refractivity contribution is 0.0706. The minimum absolute atomic E-state index is 0.0641. The summed E-state index contributed by atoms with van der Waals surface area (Å²) in [5, 5.41) is 11.7. The number of aromatic nitrogens is 1. The highest BCUT2D eigenvalue weighted by atomic mass is 16.5. The smallest absolute Gasteiger partial charge is 0.274 e. The maximum atomic E-state index is 12.2. The van der Waals surface area contributed by atoms with Gasteiger partial charge in [0.25, 0.3) is 11.8 Å². The van der Waals surface area contributed by atoms with Crippen molar-refractivity contribution in [3.05, 3.63) is 58.9 Å². The van der Waals surface area contributed by atoms with E-state index < -0.39 is 5.91 Å². The summed E-state index contributed by atoms with van der Waals surface area (Å²) in [6, 6.07) is 8.72. The second-order valence-electron chi connectivity index (χ2n) is 5.36. The molecule has 0 saturated heterocycles. The summed E-state index contributed by atoms with van der Waals surface area (Å²) in [6.45, 7) is 0. The van der Waals surface area contributed by atoms with Crippen molar-refractivity contribution in [2.45, 2.75) is 25.3 Å². The summed E-state index contributed by atoms with van der Waals surface area (Å²) in [5.74, 6) is -0.666. The Balaban J connectivity index is 1.82. The molecule has 1 unspecified atom stereocenters. The molecular weight excluding hydrogens is 282 g/mol. The average molecular weight is 299 g/mol. The van der Waals surface area contributed by atoms with Crippen molar-refractivity contribution in [2.75, 3.05) is 0 Å². The Bertz CT molecular complexity index is 695. The van der Waals surface area contributed by atoms with Crippen LogP contribution in [0.3, 0.4) is 0 Å². The molecule has 1 aromatic heterocycles. The van der Waals surface area contributed by atoms with Gasteiger partial charge in [0.1, 0.15) is 5.69 Å². The van der Waals surface area contributed by atoms with E-state index in [1.807, 2.05) is 6.07 Å². The zero-order valence-corrected chi connectivity index (χ0v) is 11.9. The van der Waals surface area contributed by atoms with Crippen molar-refractivity contribution in [1.82, 2.24) is 15.8 Å². The van der Waals surface area contributed by atoms with E-state index in [1.54, 1.807) is 35.9 Å². The predicted molar refractivity (Wildman–Crippen MR) is 79.6 cm³/mol. The monoisotopic (exact) mass is 299 g/mol. The van der Waals surface area contributed by atoms with E-state index in [0.29, 0.717) is 11.3 Å². The number of amides is 2. The third-order valence-corrected chi connectivity index (χ3v) is 3.97. The lowest BCUT2D eigenvalue weighted by Crippen LogP contribution is -2.31. The van der Waals surface area contributed by atoms with Gasteiger partial charge in [-0.3, -0.25) is 14.8 Å². The molecule has 0 aliphatic heterocycles. The normalized spacial score (nSPS) is 16.7. The van der Waals surface area contributed by atoms with E-state index in [1.165, 1.54) is 0 Å². The van der Waals surface area contributed by atoms with Gasteiger partial charge in [0.05, 0.1) is 6.04 Å². The van der Waals surface area contributed by atoms with Crippen molar-refractivity contribution < 1.29 is 14.8 Å². The first-order valence-electron chi connectivity index (χ1n) is 7.20. The molecule has 3 rings (SSSR count). The highest BCUT2D eigenvalue weighted by Gasteiger charge is 2.23. The molecule has 0 fully saturated rings. The predicted octanol–water partition coefficient (Wildman–Crippen LogP) is 1.94. The quantitative estimate of drug-likeness (QED) is 0.515. The SMILES string of the molecule is O=C(NO)c1ccc2c(c1)CCCC2NC(=O)c1ccc[nH]1. The molecule has 22 heavy (non-hydrogen) atoms. The summed E-state index contributed by atoms with van der Waals surface area (Å²) >= 11 is 0. The highest BCUT2D eigenvalue weighted by Crippen LogP contribution is 2.30. The number of hydrogen-bond donors (Lipinski definition) is 4. The number of aryl methyl sites for hydroxylation is 1. The Morgan fingerprint density at radius 3 is 2.82 bits per heavy atom. The van der Waals surface area contributed by atoms with Crippen LogP contribution in [0.4, 0.5) is 0 Å². The highest BCUT2D eigenvalue weighted by molar-refractivity contribution is 5.94. The van der Waals surface area contributed by atoms with Crippen LogP contribution in [-0.2, 0) is 6.42 Å². The molecule has 1 aromatic carbocycles. The number of rotatable bonds is 3. The van der Waals surface area contributed by atoms with Gasteiger partial charge in [-0.2, -0.15) is 0 Å². The summed E-state index contributed by atoms with van der Waals surface area (Å²) in [7, 11) is 0. The molecule has 1 heterocycles. The molecule has 114 valence electrons. The molecule has 0 spiro atoms. The van der Waals surface area contributed by atoms with Crippen LogP contribution < -0.4 is 10.8 Å². The minimum Gasteiger partial charge on any atom is -0.357 e. The molecule has 2 amide bonds. The summed E-state index contributed by atoms with van der Waals surface area (Å²) in [6.07, 6.45) is 4.37. The molecule has 1 aliphatic carbocycles. The van der Waals surface area contributed by atoms with Crippen LogP contribution in [0.15, 0.2) is 36.5 Å². The zero-order valence-electron chi connectivity index (χ0n) is 11.9. The second-order valence-corrected chi connectivity index (χ2v) is 5.36. The number of fused-ring (bicyclic) bond motifs is 1. The van der Waals surface area contributed by atoms with E-state index in [4.69, 9.17) is 5.21 Å². The fourth-order valence-corrected chi connectivity index (χ4v) is 2.88. The lowest BCUT2D eigenvalue weighted by atomic mass is 9.86. The fraction of sp³-hybridized carbons (Fsp3) is 0.250. The van der Waals surface area contributed by atoms with Crippen LogP contribution in [0.1, 0.15) is 50.9 Å². The molecule has 6 heteroatoms. The summed E-state index contributed by atoms with van der Waals surface area (Å²) in [5.41, 5.74) is 4.64. The molecule has 6 nitrogen and oxygen atoms in total. The third kappa shape index (κ3) is 2.73. The van der Waals surface area contributed by atoms with Gasteiger partial charge in [0, 0.05) is 11.8 Å². The van der Waals surface area contributed by atoms with Gasteiger partial charge in [0.2, 0.25) is 0 Å². The van der Waals surface area contributed by atoms with Crippen LogP contribution in [0.25, 0.3) is 0 Å². The number of H-pyrrole nitrogens is 1. The van der Waals surface area contributed by atoms with E-state index in [9.17, 15) is 9.59 Å². The first-order chi connectivity index (χ1) is 10.7. The van der Waals surface area contributed by atoms with Crippen LogP contribution >= 0.6 is 0 Å². The summed E-state index contributed by atoms with van der Waals surface area (Å²) < 4.78 is 0. The van der Waals surface area contributed by atoms with Gasteiger partial charge in [0.15, 0.2) is 0 Å². The number of benzene rings is 1. The molecule has 0 radical (unpaired) electrons. The van der Waals surface area contributed by atoms with Crippen LogP contribution in [0.5, 0.6) is 0 Å². The largest absolute Gasteiger partial charge is 0.357 e. The Morgan fingerprint density at radius 1 is 1.23 bits per heavy atom. The Morgan fingerprint density at radius 2 is 2.09 bits per heavy atom. The van der Waals surface area contributed by atoms with E-state index in [2.05, 4.69) is 10.3 Å². The first kappa shape index (κ1) is 14.3. The first-order valence-corrected chi connectivity index (χ1v) is 7.20. The standard InChI is InChI=1S/C16H17N3O3/c20-15(19-22)11-6-7-12-10(9-11)3-1-4-13(12)18-16(21)14-5-2-8-17-14/h2,5-9,13,17,22H,1,3-4H2,(H,18,21)(H,19,20). The van der Waals surface area contributed by atoms with E-state index >= 15 is 0 Å². The van der Waals surface area contributed by atoms with Crippen LogP contribution in [0, 0.1) is 0 Å². The van der Waals surface area contributed by atoms with Gasteiger partial charge in [-0.05, 0) is 54.7 Å². The van der Waals surface area contributed by atoms with Gasteiger partial charge in [-0.25, -0.2) is 5.48 Å². The number of aromatic amines is 1. The molecule has 1 aliphatic rings. The number of hydrogen-bond acceptors (Lipinski definition) is 3. The Hall–Kier alpha value is -2.60. The van der Waals surface area contributed by atoms with Crippen LogP contribution in [-0.4, -0.2) is 22.0 Å². The number of hydroxylamine groups is 1. The van der Waals surface area contributed by atoms with Crippen LogP contribution in [0.2, 0.25) is 0 Å². The van der Waals surface area contributed by atoms with Gasteiger partial charge in [-0.15, -0.1) is 0 Å². The maximum Gasteiger partial charge on any atom is 0.274 e. The van der Waals surface area contributed by atoms with Crippen molar-refractivity contribution in [2.24, 2.45) is 0 Å². The molecule has 0 bridgehead atoms. The van der Waals surface area contributed by atoms with Crippen molar-refractivity contribution >= 4 is 11.8 Å². The number of nitrogens with one attached hydrogen (secondary N) is 3. The maximum absolute atomic E-state index is 12.2. The van der Waals surface area contributed by atoms with Crippen molar-refractivity contribution in [3.63, 3.8) is 0 Å². The van der Waals surface area contributed by atoms with Crippen molar-refractivity contribution in [3.8, 4) is 0 Å². The Labute approximate surface area is 127 Å². The molecule has 4 N–H and O–H groups in total. The number of carbonyl (C=O) groups is 2. The van der Waals surface area contributed by atoms with E-state index in [0.717, 1.165) is 30.4 Å². The van der Waals surface area contributed by atoms with Gasteiger partial charge >= 0.3 is 0 Å². The second kappa shape index (κ2) is 6.03. The molecule has 1 atom stereocenters. The topological polar surface area (TPSA) is 94.2 Å². The van der Waals surface area contributed by atoms with Crippen molar-refractivity contribution in [1.29, 1.82) is 0 Å². The average Bonchev–Trinajstić information content (AvgIpc) is 3.08.